The van der Waals surface area contributed by atoms with Gasteiger partial charge in [0, 0.05) is 14.9 Å². The van der Waals surface area contributed by atoms with Crippen molar-refractivity contribution in [3.63, 3.8) is 0 Å². The summed E-state index contributed by atoms with van der Waals surface area (Å²) >= 11 is 12.9. The van der Waals surface area contributed by atoms with Crippen molar-refractivity contribution in [1.29, 1.82) is 0 Å². The fraction of sp³-hybridized carbons (Fsp3) is 0.222. The quantitative estimate of drug-likeness (QED) is 0.615. The highest BCUT2D eigenvalue weighted by atomic mass is 79.9. The fourth-order valence-electron chi connectivity index (χ4n) is 3.20. The molecule has 2 aromatic carbocycles. The number of carbonyl (C=O) groups excluding carboxylic acids is 1. The molecule has 1 amide bonds. The third-order valence-electron chi connectivity index (χ3n) is 4.66. The third-order valence-corrected chi connectivity index (χ3v) is 5.88. The van der Waals surface area contributed by atoms with Crippen molar-refractivity contribution in [3.8, 4) is 11.5 Å². The van der Waals surface area contributed by atoms with Gasteiger partial charge < -0.3 is 4.74 Å². The Morgan fingerprint density at radius 2 is 2.04 bits per heavy atom. The molecule has 2 N–H and O–H groups in total. The van der Waals surface area contributed by atoms with Crippen LogP contribution in [0.15, 0.2) is 44.3 Å². The average molecular weight is 518 g/mol. The Kier molecular flexibility index (Phi) is 4.90. The molecule has 1 aliphatic heterocycles. The molecule has 2 aromatic rings. The van der Waals surface area contributed by atoms with Crippen LogP contribution in [-0.4, -0.2) is 17.8 Å². The van der Waals surface area contributed by atoms with Gasteiger partial charge in [-0.15, -0.1) is 0 Å². The van der Waals surface area contributed by atoms with Crippen molar-refractivity contribution < 1.29 is 13.9 Å². The highest BCUT2D eigenvalue weighted by Crippen LogP contribution is 2.50. The molecule has 27 heavy (non-hydrogen) atoms. The lowest BCUT2D eigenvalue weighted by atomic mass is 10.0. The number of amides is 1. The Morgan fingerprint density at radius 1 is 1.30 bits per heavy atom. The maximum absolute atomic E-state index is 15.1. The Morgan fingerprint density at radius 3 is 2.74 bits per heavy atom. The normalized spacial score (nSPS) is 23.1. The first-order chi connectivity index (χ1) is 12.9. The second-order valence-electron chi connectivity index (χ2n) is 6.44. The molecule has 1 aliphatic carbocycles. The van der Waals surface area contributed by atoms with Crippen molar-refractivity contribution in [2.24, 2.45) is 10.9 Å². The number of hydrogen-bond acceptors (Lipinski definition) is 4. The number of aliphatic imine (C=N–C) groups is 1. The maximum atomic E-state index is 15.1. The van der Waals surface area contributed by atoms with E-state index in [-0.39, 0.29) is 22.6 Å². The van der Waals surface area contributed by atoms with Crippen LogP contribution in [0, 0.1) is 11.7 Å². The first-order valence-electron chi connectivity index (χ1n) is 8.09. The number of hydrazine groups is 1. The first-order valence-corrected chi connectivity index (χ1v) is 10.1. The summed E-state index contributed by atoms with van der Waals surface area (Å²) in [5.74, 6) is -0.384. The molecule has 2 aliphatic rings. The molecule has 1 heterocycles. The van der Waals surface area contributed by atoms with Crippen LogP contribution in [0.25, 0.3) is 0 Å². The predicted octanol–water partition coefficient (Wildman–Crippen LogP) is 4.76. The second-order valence-corrected chi connectivity index (χ2v) is 8.68. The molecular formula is C18H13Br2ClFN3O2. The van der Waals surface area contributed by atoms with Crippen molar-refractivity contribution in [1.82, 2.24) is 10.9 Å². The minimum Gasteiger partial charge on any atom is -0.453 e. The number of carbonyl (C=O) groups is 1. The summed E-state index contributed by atoms with van der Waals surface area (Å²) in [6.45, 7) is 0. The zero-order valence-electron chi connectivity index (χ0n) is 13.7. The van der Waals surface area contributed by atoms with E-state index in [1.54, 1.807) is 24.3 Å². The molecule has 5 nitrogen and oxygen atoms in total. The number of halogens is 4. The predicted molar refractivity (Wildman–Crippen MR) is 108 cm³/mol. The Balaban J connectivity index is 1.59. The number of nitrogens with zero attached hydrogens (tertiary/aromatic N) is 1. The van der Waals surface area contributed by atoms with Gasteiger partial charge in [-0.1, -0.05) is 49.5 Å². The summed E-state index contributed by atoms with van der Waals surface area (Å²) in [6.07, 6.45) is 2.40. The van der Waals surface area contributed by atoms with E-state index in [0.29, 0.717) is 24.2 Å². The number of nitrogens with one attached hydrogen (secondary N) is 2. The lowest BCUT2D eigenvalue weighted by Gasteiger charge is -2.18. The molecule has 0 saturated heterocycles. The summed E-state index contributed by atoms with van der Waals surface area (Å²) in [5, 5.41) is 0.176. The van der Waals surface area contributed by atoms with Gasteiger partial charge in [-0.25, -0.2) is 4.39 Å². The summed E-state index contributed by atoms with van der Waals surface area (Å²) in [5.41, 5.74) is 4.75. The second kappa shape index (κ2) is 7.07. The van der Waals surface area contributed by atoms with E-state index >= 15 is 4.39 Å². The van der Waals surface area contributed by atoms with Crippen LogP contribution in [0.4, 0.5) is 4.39 Å². The molecule has 1 saturated carbocycles. The van der Waals surface area contributed by atoms with Crippen LogP contribution in [0.1, 0.15) is 12.0 Å². The molecular weight excluding hydrogens is 504 g/mol. The van der Waals surface area contributed by atoms with Crippen molar-refractivity contribution in [2.45, 2.75) is 18.4 Å². The average Bonchev–Trinajstić information content (AvgIpc) is 3.29. The van der Waals surface area contributed by atoms with Gasteiger partial charge in [0.15, 0.2) is 11.6 Å². The van der Waals surface area contributed by atoms with Gasteiger partial charge in [-0.3, -0.25) is 20.6 Å². The zero-order chi connectivity index (χ0) is 19.2. The van der Waals surface area contributed by atoms with Crippen LogP contribution in [0.2, 0.25) is 5.02 Å². The molecule has 4 rings (SSSR count). The molecule has 1 fully saturated rings. The summed E-state index contributed by atoms with van der Waals surface area (Å²) in [4.78, 5) is 16.3. The van der Waals surface area contributed by atoms with Gasteiger partial charge >= 0.3 is 0 Å². The van der Waals surface area contributed by atoms with E-state index in [9.17, 15) is 4.79 Å². The molecule has 2 unspecified atom stereocenters. The Hall–Kier alpha value is -1.64. The maximum Gasteiger partial charge on any atom is 0.266 e. The third kappa shape index (κ3) is 3.58. The molecule has 1 spiro atoms. The van der Waals surface area contributed by atoms with Crippen molar-refractivity contribution >= 4 is 55.7 Å². The Labute approximate surface area is 176 Å². The van der Waals surface area contributed by atoms with E-state index in [1.807, 2.05) is 6.07 Å². The topological polar surface area (TPSA) is 62.7 Å². The molecule has 0 radical (unpaired) electrons. The fourth-order valence-corrected chi connectivity index (χ4v) is 4.64. The number of hydrogen-bond donors (Lipinski definition) is 2. The van der Waals surface area contributed by atoms with Gasteiger partial charge in [0.1, 0.15) is 17.6 Å². The van der Waals surface area contributed by atoms with E-state index < -0.39 is 11.4 Å². The molecule has 9 heteroatoms. The van der Waals surface area contributed by atoms with Gasteiger partial charge in [-0.05, 0) is 42.7 Å². The summed E-state index contributed by atoms with van der Waals surface area (Å²) in [6, 6.07) is 8.51. The first kappa shape index (κ1) is 18.7. The van der Waals surface area contributed by atoms with E-state index in [4.69, 9.17) is 16.3 Å². The summed E-state index contributed by atoms with van der Waals surface area (Å²) in [7, 11) is 0. The number of ether oxygens (including phenoxy) is 1. The molecule has 2 atom stereocenters. The molecule has 0 aromatic heterocycles. The Bertz CT molecular complexity index is 952. The molecule has 0 bridgehead atoms. The molecule has 140 valence electrons. The van der Waals surface area contributed by atoms with Crippen LogP contribution in [0.3, 0.4) is 0 Å². The minimum absolute atomic E-state index is 0.0351. The lowest BCUT2D eigenvalue weighted by molar-refractivity contribution is -0.124. The lowest BCUT2D eigenvalue weighted by Crippen LogP contribution is -2.49. The summed E-state index contributed by atoms with van der Waals surface area (Å²) < 4.78 is 22.4. The van der Waals surface area contributed by atoms with Crippen LogP contribution < -0.4 is 15.6 Å². The highest BCUT2D eigenvalue weighted by Gasteiger charge is 2.61. The van der Waals surface area contributed by atoms with E-state index in [2.05, 4.69) is 47.7 Å². The largest absolute Gasteiger partial charge is 0.453 e. The number of rotatable bonds is 4. The van der Waals surface area contributed by atoms with Gasteiger partial charge in [-0.2, -0.15) is 0 Å². The smallest absolute Gasteiger partial charge is 0.266 e. The van der Waals surface area contributed by atoms with Gasteiger partial charge in [0.25, 0.3) is 5.91 Å². The minimum atomic E-state index is -0.798. The van der Waals surface area contributed by atoms with Crippen LogP contribution >= 0.6 is 43.5 Å². The van der Waals surface area contributed by atoms with Crippen molar-refractivity contribution in [2.75, 3.05) is 0 Å². The monoisotopic (exact) mass is 515 g/mol. The standard InChI is InChI=1S/C18H13Br2ClFN3O2/c19-11-4-12(20)6-13(5-11)27-16-14(21)2-1-9(15(16)22)3-10-7-18(10)17(26)25-24-8-23-18/h1-2,4-6,8,10H,3,7H2,(H,23,24)(H,25,26). The van der Waals surface area contributed by atoms with Crippen LogP contribution in [-0.2, 0) is 11.2 Å². The van der Waals surface area contributed by atoms with Gasteiger partial charge in [0.05, 0.1) is 5.02 Å². The number of benzene rings is 2. The highest BCUT2D eigenvalue weighted by molar-refractivity contribution is 9.11. The SMILES string of the molecule is O=C1NNC=NC12CC2Cc1ccc(Cl)c(Oc2cc(Br)cc(Br)c2)c1F. The van der Waals surface area contributed by atoms with Crippen molar-refractivity contribution in [3.05, 3.63) is 55.7 Å². The van der Waals surface area contributed by atoms with E-state index in [1.165, 1.54) is 6.34 Å². The zero-order valence-corrected chi connectivity index (χ0v) is 17.7. The van der Waals surface area contributed by atoms with Crippen LogP contribution in [0.5, 0.6) is 11.5 Å². The van der Waals surface area contributed by atoms with Gasteiger partial charge in [0.2, 0.25) is 0 Å². The van der Waals surface area contributed by atoms with E-state index in [0.717, 1.165) is 8.95 Å².